The number of anilines is 1. The van der Waals surface area contributed by atoms with Gasteiger partial charge < -0.3 is 9.88 Å². The highest BCUT2D eigenvalue weighted by Crippen LogP contribution is 2.18. The summed E-state index contributed by atoms with van der Waals surface area (Å²) >= 11 is 0. The van der Waals surface area contributed by atoms with Crippen molar-refractivity contribution >= 4 is 5.95 Å². The number of halogens is 1. The Bertz CT molecular complexity index is 289. The third-order valence-electron chi connectivity index (χ3n) is 2.72. The first-order valence-corrected chi connectivity index (χ1v) is 5.22. The molecule has 1 aliphatic rings. The summed E-state index contributed by atoms with van der Waals surface area (Å²) in [6.07, 6.45) is 3.46. The summed E-state index contributed by atoms with van der Waals surface area (Å²) in [7, 11) is 0. The van der Waals surface area contributed by atoms with Crippen molar-refractivity contribution < 1.29 is 4.39 Å². The SMILES string of the molecule is CCc1cnc(N2CCC(F)CC2)[nH]1. The topological polar surface area (TPSA) is 31.9 Å². The van der Waals surface area contributed by atoms with E-state index < -0.39 is 6.17 Å². The number of rotatable bonds is 2. The lowest BCUT2D eigenvalue weighted by atomic mass is 10.1. The Labute approximate surface area is 83.3 Å². The Hall–Kier alpha value is -1.06. The first kappa shape index (κ1) is 9.49. The van der Waals surface area contributed by atoms with Gasteiger partial charge in [-0.05, 0) is 19.3 Å². The third-order valence-corrected chi connectivity index (χ3v) is 2.72. The van der Waals surface area contributed by atoms with Crippen LogP contribution in [0.4, 0.5) is 10.3 Å². The predicted octanol–water partition coefficient (Wildman–Crippen LogP) is 1.91. The summed E-state index contributed by atoms with van der Waals surface area (Å²) in [5.41, 5.74) is 1.14. The van der Waals surface area contributed by atoms with Crippen molar-refractivity contribution in [2.45, 2.75) is 32.4 Å². The van der Waals surface area contributed by atoms with Gasteiger partial charge in [0, 0.05) is 18.8 Å². The van der Waals surface area contributed by atoms with Crippen LogP contribution in [0.3, 0.4) is 0 Å². The zero-order valence-corrected chi connectivity index (χ0v) is 8.46. The summed E-state index contributed by atoms with van der Waals surface area (Å²) in [5, 5.41) is 0. The molecule has 2 rings (SSSR count). The molecule has 0 spiro atoms. The zero-order valence-electron chi connectivity index (χ0n) is 8.46. The van der Waals surface area contributed by atoms with Crippen molar-refractivity contribution in [1.29, 1.82) is 0 Å². The molecule has 1 N–H and O–H groups in total. The average Bonchev–Trinajstić information content (AvgIpc) is 2.67. The number of H-pyrrole nitrogens is 1. The molecule has 2 heterocycles. The van der Waals surface area contributed by atoms with E-state index in [-0.39, 0.29) is 0 Å². The second-order valence-electron chi connectivity index (χ2n) is 3.75. The summed E-state index contributed by atoms with van der Waals surface area (Å²) in [4.78, 5) is 9.64. The molecule has 0 atom stereocenters. The highest BCUT2D eigenvalue weighted by Gasteiger charge is 2.19. The third kappa shape index (κ3) is 1.89. The lowest BCUT2D eigenvalue weighted by Gasteiger charge is -2.28. The van der Waals surface area contributed by atoms with Crippen LogP contribution >= 0.6 is 0 Å². The normalized spacial score (nSPS) is 18.9. The fourth-order valence-corrected chi connectivity index (χ4v) is 1.75. The van der Waals surface area contributed by atoms with Crippen LogP contribution in [0.25, 0.3) is 0 Å². The lowest BCUT2D eigenvalue weighted by molar-refractivity contribution is 0.276. The lowest BCUT2D eigenvalue weighted by Crippen LogP contribution is -2.35. The number of nitrogens with zero attached hydrogens (tertiary/aromatic N) is 2. The van der Waals surface area contributed by atoms with Crippen molar-refractivity contribution in [3.05, 3.63) is 11.9 Å². The maximum atomic E-state index is 12.9. The molecule has 3 nitrogen and oxygen atoms in total. The first-order chi connectivity index (χ1) is 6.79. The fourth-order valence-electron chi connectivity index (χ4n) is 1.75. The molecular formula is C10H16FN3. The number of alkyl halides is 1. The molecule has 14 heavy (non-hydrogen) atoms. The van der Waals surface area contributed by atoms with Gasteiger partial charge in [-0.25, -0.2) is 9.37 Å². The van der Waals surface area contributed by atoms with Crippen molar-refractivity contribution in [2.24, 2.45) is 0 Å². The van der Waals surface area contributed by atoms with E-state index in [1.165, 1.54) is 0 Å². The minimum atomic E-state index is -0.619. The van der Waals surface area contributed by atoms with Crippen LogP contribution in [0.1, 0.15) is 25.5 Å². The van der Waals surface area contributed by atoms with Gasteiger partial charge in [-0.15, -0.1) is 0 Å². The molecule has 78 valence electrons. The van der Waals surface area contributed by atoms with E-state index in [0.29, 0.717) is 12.8 Å². The smallest absolute Gasteiger partial charge is 0.202 e. The Morgan fingerprint density at radius 2 is 2.29 bits per heavy atom. The van der Waals surface area contributed by atoms with E-state index in [0.717, 1.165) is 31.2 Å². The van der Waals surface area contributed by atoms with E-state index in [1.54, 1.807) is 0 Å². The van der Waals surface area contributed by atoms with Crippen molar-refractivity contribution in [3.63, 3.8) is 0 Å². The van der Waals surface area contributed by atoms with Crippen LogP contribution in [0.5, 0.6) is 0 Å². The molecule has 1 aromatic heterocycles. The van der Waals surface area contributed by atoms with E-state index in [1.807, 2.05) is 6.20 Å². The largest absolute Gasteiger partial charge is 0.342 e. The van der Waals surface area contributed by atoms with Gasteiger partial charge >= 0.3 is 0 Å². The van der Waals surface area contributed by atoms with E-state index >= 15 is 0 Å². The van der Waals surface area contributed by atoms with Crippen LogP contribution in [-0.4, -0.2) is 29.2 Å². The van der Waals surface area contributed by atoms with E-state index in [2.05, 4.69) is 21.8 Å². The molecule has 1 aromatic rings. The van der Waals surface area contributed by atoms with Gasteiger partial charge in [0.25, 0.3) is 0 Å². The maximum absolute atomic E-state index is 12.9. The number of imidazole rings is 1. The zero-order chi connectivity index (χ0) is 9.97. The molecule has 0 bridgehead atoms. The number of piperidine rings is 1. The quantitative estimate of drug-likeness (QED) is 0.785. The van der Waals surface area contributed by atoms with Crippen LogP contribution in [-0.2, 0) is 6.42 Å². The molecule has 4 heteroatoms. The molecule has 0 radical (unpaired) electrons. The van der Waals surface area contributed by atoms with Gasteiger partial charge in [-0.2, -0.15) is 0 Å². The van der Waals surface area contributed by atoms with Gasteiger partial charge in [0.05, 0.1) is 6.20 Å². The van der Waals surface area contributed by atoms with Gasteiger partial charge in [0.2, 0.25) is 5.95 Å². The van der Waals surface area contributed by atoms with Crippen LogP contribution in [0.2, 0.25) is 0 Å². The highest BCUT2D eigenvalue weighted by molar-refractivity contribution is 5.31. The first-order valence-electron chi connectivity index (χ1n) is 5.22. The predicted molar refractivity (Wildman–Crippen MR) is 54.3 cm³/mol. The summed E-state index contributed by atoms with van der Waals surface area (Å²) in [6, 6.07) is 0. The summed E-state index contributed by atoms with van der Waals surface area (Å²) in [6.45, 7) is 3.64. The number of aryl methyl sites for hydroxylation is 1. The molecule has 0 aromatic carbocycles. The van der Waals surface area contributed by atoms with Gasteiger partial charge in [0.1, 0.15) is 6.17 Å². The molecule has 0 amide bonds. The second-order valence-corrected chi connectivity index (χ2v) is 3.75. The number of aromatic amines is 1. The number of hydrogen-bond donors (Lipinski definition) is 1. The van der Waals surface area contributed by atoms with Crippen molar-refractivity contribution in [2.75, 3.05) is 18.0 Å². The van der Waals surface area contributed by atoms with Crippen molar-refractivity contribution in [3.8, 4) is 0 Å². The van der Waals surface area contributed by atoms with Crippen LogP contribution < -0.4 is 4.90 Å². The summed E-state index contributed by atoms with van der Waals surface area (Å²) < 4.78 is 12.9. The number of aromatic nitrogens is 2. The Balaban J connectivity index is 2.01. The fraction of sp³-hybridized carbons (Fsp3) is 0.700. The second kappa shape index (κ2) is 3.98. The molecule has 0 unspecified atom stereocenters. The molecular weight excluding hydrogens is 181 g/mol. The molecule has 0 aliphatic carbocycles. The van der Waals surface area contributed by atoms with Gasteiger partial charge in [0.15, 0.2) is 0 Å². The summed E-state index contributed by atoms with van der Waals surface area (Å²) in [5.74, 6) is 0.897. The average molecular weight is 197 g/mol. The maximum Gasteiger partial charge on any atom is 0.202 e. The van der Waals surface area contributed by atoms with E-state index in [4.69, 9.17) is 0 Å². The highest BCUT2D eigenvalue weighted by atomic mass is 19.1. The Kier molecular flexibility index (Phi) is 2.70. The standard InChI is InChI=1S/C10H16FN3/c1-2-9-7-12-10(13-9)14-5-3-8(11)4-6-14/h7-8H,2-6H2,1H3,(H,12,13). The number of hydrogen-bond acceptors (Lipinski definition) is 2. The number of nitrogens with one attached hydrogen (secondary N) is 1. The van der Waals surface area contributed by atoms with Gasteiger partial charge in [-0.1, -0.05) is 6.92 Å². The minimum Gasteiger partial charge on any atom is -0.342 e. The molecule has 1 aliphatic heterocycles. The van der Waals surface area contributed by atoms with Crippen LogP contribution in [0.15, 0.2) is 6.20 Å². The van der Waals surface area contributed by atoms with Crippen LogP contribution in [0, 0.1) is 0 Å². The Morgan fingerprint density at radius 1 is 1.57 bits per heavy atom. The molecule has 1 saturated heterocycles. The van der Waals surface area contributed by atoms with Gasteiger partial charge in [-0.3, -0.25) is 0 Å². The Morgan fingerprint density at radius 3 is 2.86 bits per heavy atom. The monoisotopic (exact) mass is 197 g/mol. The van der Waals surface area contributed by atoms with Crippen molar-refractivity contribution in [1.82, 2.24) is 9.97 Å². The molecule has 0 saturated carbocycles. The molecule has 1 fully saturated rings. The minimum absolute atomic E-state index is 0.619. The van der Waals surface area contributed by atoms with E-state index in [9.17, 15) is 4.39 Å².